The van der Waals surface area contributed by atoms with Crippen LogP contribution in [0, 0.1) is 6.92 Å². The highest BCUT2D eigenvalue weighted by atomic mass is 32.1. The number of imidazole rings is 1. The zero-order chi connectivity index (χ0) is 20.7. The van der Waals surface area contributed by atoms with Gasteiger partial charge in [0.05, 0.1) is 41.5 Å². The van der Waals surface area contributed by atoms with Crippen LogP contribution in [0.4, 0.5) is 5.69 Å². The van der Waals surface area contributed by atoms with Gasteiger partial charge in [-0.25, -0.2) is 4.98 Å². The van der Waals surface area contributed by atoms with Gasteiger partial charge in [0.2, 0.25) is 0 Å². The van der Waals surface area contributed by atoms with E-state index in [1.54, 1.807) is 25.6 Å². The molecule has 0 bridgehead atoms. The topological polar surface area (TPSA) is 42.2 Å². The molecular formula is C23H26N4O2S. The van der Waals surface area contributed by atoms with Crippen LogP contribution in [-0.2, 0) is 6.54 Å². The lowest BCUT2D eigenvalue weighted by Crippen LogP contribution is -2.46. The molecule has 6 nitrogen and oxygen atoms in total. The summed E-state index contributed by atoms with van der Waals surface area (Å²) in [5, 5.41) is 0. The molecule has 1 aliphatic heterocycles. The normalized spacial score (nSPS) is 15.2. The number of ether oxygens (including phenoxy) is 2. The van der Waals surface area contributed by atoms with E-state index in [9.17, 15) is 0 Å². The fourth-order valence-electron chi connectivity index (χ4n) is 4.27. The third kappa shape index (κ3) is 3.28. The van der Waals surface area contributed by atoms with Crippen LogP contribution >= 0.6 is 11.3 Å². The summed E-state index contributed by atoms with van der Waals surface area (Å²) in [5.41, 5.74) is 4.79. The second kappa shape index (κ2) is 7.81. The molecular weight excluding hydrogens is 396 g/mol. The van der Waals surface area contributed by atoms with Crippen LogP contribution in [0.25, 0.3) is 15.2 Å². The standard InChI is InChI=1S/C23H26N4O2S/c1-16-20(27-19-9-8-17(28-2)14-22(19)30-23(27)24-16)15-25-10-12-26(13-11-25)18-6-4-5-7-21(18)29-3/h4-9,14H,10-13,15H2,1-3H3. The molecule has 7 heteroatoms. The molecule has 0 spiro atoms. The van der Waals surface area contributed by atoms with Crippen molar-refractivity contribution < 1.29 is 9.47 Å². The average Bonchev–Trinajstić information content (AvgIpc) is 3.28. The predicted octanol–water partition coefficient (Wildman–Crippen LogP) is 4.20. The number of para-hydroxylation sites is 2. The Morgan fingerprint density at radius 1 is 1.00 bits per heavy atom. The van der Waals surface area contributed by atoms with Crippen molar-refractivity contribution in [2.45, 2.75) is 13.5 Å². The van der Waals surface area contributed by atoms with Gasteiger partial charge in [-0.3, -0.25) is 9.30 Å². The Morgan fingerprint density at radius 2 is 1.80 bits per heavy atom. The maximum absolute atomic E-state index is 5.55. The first kappa shape index (κ1) is 19.2. The summed E-state index contributed by atoms with van der Waals surface area (Å²) in [6.45, 7) is 7.03. The number of rotatable bonds is 5. The lowest BCUT2D eigenvalue weighted by molar-refractivity contribution is 0.245. The van der Waals surface area contributed by atoms with Gasteiger partial charge in [-0.15, -0.1) is 0 Å². The van der Waals surface area contributed by atoms with E-state index in [0.717, 1.165) is 54.9 Å². The molecule has 0 amide bonds. The molecule has 3 heterocycles. The fourth-order valence-corrected chi connectivity index (χ4v) is 5.39. The van der Waals surface area contributed by atoms with E-state index in [1.807, 2.05) is 18.2 Å². The lowest BCUT2D eigenvalue weighted by atomic mass is 10.2. The predicted molar refractivity (Wildman–Crippen MR) is 122 cm³/mol. The van der Waals surface area contributed by atoms with Gasteiger partial charge in [-0.2, -0.15) is 0 Å². The van der Waals surface area contributed by atoms with Crippen molar-refractivity contribution in [1.29, 1.82) is 0 Å². The van der Waals surface area contributed by atoms with Gasteiger partial charge in [0.1, 0.15) is 11.5 Å². The SMILES string of the molecule is COc1ccc2c(c1)sc1nc(C)c(CN3CCN(c4ccccc4OC)CC3)n12. The smallest absolute Gasteiger partial charge is 0.195 e. The third-order valence-electron chi connectivity index (χ3n) is 5.92. The number of thiazole rings is 1. The van der Waals surface area contributed by atoms with E-state index < -0.39 is 0 Å². The molecule has 156 valence electrons. The first-order valence-corrected chi connectivity index (χ1v) is 11.0. The Hall–Kier alpha value is -2.77. The van der Waals surface area contributed by atoms with Gasteiger partial charge < -0.3 is 14.4 Å². The highest BCUT2D eigenvalue weighted by Gasteiger charge is 2.22. The number of anilines is 1. The van der Waals surface area contributed by atoms with E-state index in [4.69, 9.17) is 14.5 Å². The van der Waals surface area contributed by atoms with Crippen LogP contribution in [0.3, 0.4) is 0 Å². The largest absolute Gasteiger partial charge is 0.497 e. The Bertz CT molecular complexity index is 1190. The van der Waals surface area contributed by atoms with Gasteiger partial charge in [0.25, 0.3) is 0 Å². The van der Waals surface area contributed by atoms with Crippen molar-refractivity contribution in [3.05, 3.63) is 53.9 Å². The van der Waals surface area contributed by atoms with E-state index in [1.165, 1.54) is 21.6 Å². The molecule has 0 N–H and O–H groups in total. The highest BCUT2D eigenvalue weighted by Crippen LogP contribution is 2.32. The molecule has 0 saturated carbocycles. The molecule has 1 fully saturated rings. The number of piperazine rings is 1. The third-order valence-corrected chi connectivity index (χ3v) is 6.93. The van der Waals surface area contributed by atoms with Crippen molar-refractivity contribution in [1.82, 2.24) is 14.3 Å². The van der Waals surface area contributed by atoms with E-state index >= 15 is 0 Å². The number of aromatic nitrogens is 2. The molecule has 1 saturated heterocycles. The lowest BCUT2D eigenvalue weighted by Gasteiger charge is -2.36. The summed E-state index contributed by atoms with van der Waals surface area (Å²) in [5.74, 6) is 1.83. The van der Waals surface area contributed by atoms with Crippen LogP contribution in [0.5, 0.6) is 11.5 Å². The summed E-state index contributed by atoms with van der Waals surface area (Å²) in [6, 6.07) is 14.5. The summed E-state index contributed by atoms with van der Waals surface area (Å²) < 4.78 is 14.5. The molecule has 0 aliphatic carbocycles. The van der Waals surface area contributed by atoms with Crippen LogP contribution in [0.1, 0.15) is 11.4 Å². The summed E-state index contributed by atoms with van der Waals surface area (Å²) in [4.78, 5) is 10.8. The number of methoxy groups -OCH3 is 2. The van der Waals surface area contributed by atoms with Crippen LogP contribution in [0.15, 0.2) is 42.5 Å². The van der Waals surface area contributed by atoms with E-state index in [2.05, 4.69) is 45.4 Å². The van der Waals surface area contributed by atoms with E-state index in [0.29, 0.717) is 0 Å². The zero-order valence-corrected chi connectivity index (χ0v) is 18.4. The Morgan fingerprint density at radius 3 is 2.57 bits per heavy atom. The summed E-state index contributed by atoms with van der Waals surface area (Å²) in [7, 11) is 3.45. The monoisotopic (exact) mass is 422 g/mol. The molecule has 0 unspecified atom stereocenters. The number of aryl methyl sites for hydroxylation is 1. The minimum atomic E-state index is 0.887. The Kier molecular flexibility index (Phi) is 5.00. The average molecular weight is 423 g/mol. The number of fused-ring (bicyclic) bond motifs is 3. The minimum absolute atomic E-state index is 0.887. The fraction of sp³-hybridized carbons (Fsp3) is 0.348. The molecule has 5 rings (SSSR count). The molecule has 4 aromatic rings. The van der Waals surface area contributed by atoms with Gasteiger partial charge in [-0.05, 0) is 37.3 Å². The maximum atomic E-state index is 5.55. The van der Waals surface area contributed by atoms with Crippen molar-refractivity contribution in [2.75, 3.05) is 45.3 Å². The molecule has 0 atom stereocenters. The molecule has 0 radical (unpaired) electrons. The second-order valence-electron chi connectivity index (χ2n) is 7.63. The summed E-state index contributed by atoms with van der Waals surface area (Å²) in [6.07, 6.45) is 0. The van der Waals surface area contributed by atoms with Crippen LogP contribution in [-0.4, -0.2) is 54.7 Å². The first-order chi connectivity index (χ1) is 14.7. The van der Waals surface area contributed by atoms with Crippen molar-refractivity contribution in [3.8, 4) is 11.5 Å². The van der Waals surface area contributed by atoms with Crippen molar-refractivity contribution in [2.24, 2.45) is 0 Å². The first-order valence-electron chi connectivity index (χ1n) is 10.2. The van der Waals surface area contributed by atoms with Gasteiger partial charge in [0.15, 0.2) is 4.96 Å². The highest BCUT2D eigenvalue weighted by molar-refractivity contribution is 7.23. The number of hydrogen-bond donors (Lipinski definition) is 0. The Balaban J connectivity index is 1.37. The molecule has 2 aromatic heterocycles. The van der Waals surface area contributed by atoms with Crippen LogP contribution in [0.2, 0.25) is 0 Å². The van der Waals surface area contributed by atoms with Crippen molar-refractivity contribution >= 4 is 32.2 Å². The van der Waals surface area contributed by atoms with Gasteiger partial charge in [0, 0.05) is 32.7 Å². The quantitative estimate of drug-likeness (QED) is 0.482. The Labute approximate surface area is 180 Å². The van der Waals surface area contributed by atoms with E-state index in [-0.39, 0.29) is 0 Å². The van der Waals surface area contributed by atoms with Gasteiger partial charge in [-0.1, -0.05) is 23.5 Å². The molecule has 2 aromatic carbocycles. The molecule has 30 heavy (non-hydrogen) atoms. The zero-order valence-electron chi connectivity index (χ0n) is 17.6. The van der Waals surface area contributed by atoms with Crippen molar-refractivity contribution in [3.63, 3.8) is 0 Å². The number of hydrogen-bond acceptors (Lipinski definition) is 6. The molecule has 1 aliphatic rings. The number of nitrogens with zero attached hydrogens (tertiary/aromatic N) is 4. The maximum Gasteiger partial charge on any atom is 0.195 e. The second-order valence-corrected chi connectivity index (χ2v) is 8.64. The summed E-state index contributed by atoms with van der Waals surface area (Å²) >= 11 is 1.72. The minimum Gasteiger partial charge on any atom is -0.497 e. The van der Waals surface area contributed by atoms with Crippen LogP contribution < -0.4 is 14.4 Å². The van der Waals surface area contributed by atoms with Gasteiger partial charge >= 0.3 is 0 Å². The number of benzene rings is 2.